The smallest absolute Gasteiger partial charge is 0.243 e. The van der Waals surface area contributed by atoms with E-state index in [0.29, 0.717) is 36.7 Å². The molecule has 160 valence electrons. The SMILES string of the molecule is Cc1ccc(S(=O)(=O)N2CCC(C(=O)N[C@H](c3ccccc3)C3CC3)CC2)cc1C. The number of hydrogen-bond acceptors (Lipinski definition) is 3. The van der Waals surface area contributed by atoms with Crippen molar-refractivity contribution in [2.45, 2.75) is 50.5 Å². The van der Waals surface area contributed by atoms with E-state index in [9.17, 15) is 13.2 Å². The Labute approximate surface area is 179 Å². The normalized spacial score (nSPS) is 19.4. The number of hydrogen-bond donors (Lipinski definition) is 1. The topological polar surface area (TPSA) is 66.5 Å². The van der Waals surface area contributed by atoms with E-state index >= 15 is 0 Å². The van der Waals surface area contributed by atoms with Crippen molar-refractivity contribution in [3.63, 3.8) is 0 Å². The van der Waals surface area contributed by atoms with Gasteiger partial charge in [0.05, 0.1) is 10.9 Å². The molecule has 1 saturated heterocycles. The molecule has 5 nitrogen and oxygen atoms in total. The van der Waals surface area contributed by atoms with Crippen LogP contribution >= 0.6 is 0 Å². The highest BCUT2D eigenvalue weighted by Gasteiger charge is 2.36. The van der Waals surface area contributed by atoms with Gasteiger partial charge in [-0.15, -0.1) is 0 Å². The second kappa shape index (κ2) is 8.52. The summed E-state index contributed by atoms with van der Waals surface area (Å²) in [6, 6.07) is 15.5. The van der Waals surface area contributed by atoms with Gasteiger partial charge >= 0.3 is 0 Å². The standard InChI is InChI=1S/C24H30N2O3S/c1-17-8-11-22(16-18(17)2)30(28,29)26-14-12-21(13-15-26)24(27)25-23(20-9-10-20)19-6-4-3-5-7-19/h3-8,11,16,20-21,23H,9-10,12-15H2,1-2H3,(H,25,27)/t23-/m1/s1. The Bertz CT molecular complexity index is 1010. The molecule has 30 heavy (non-hydrogen) atoms. The first-order valence-corrected chi connectivity index (χ1v) is 12.2. The van der Waals surface area contributed by atoms with Gasteiger partial charge in [-0.3, -0.25) is 4.79 Å². The number of rotatable bonds is 6. The number of nitrogens with zero attached hydrogens (tertiary/aromatic N) is 1. The molecule has 1 saturated carbocycles. The van der Waals surface area contributed by atoms with Crippen molar-refractivity contribution < 1.29 is 13.2 Å². The first-order chi connectivity index (χ1) is 14.4. The van der Waals surface area contributed by atoms with Crippen LogP contribution in [0.2, 0.25) is 0 Å². The van der Waals surface area contributed by atoms with E-state index in [4.69, 9.17) is 0 Å². The second-order valence-corrected chi connectivity index (χ2v) is 10.6. The highest BCUT2D eigenvalue weighted by Crippen LogP contribution is 2.41. The first-order valence-electron chi connectivity index (χ1n) is 10.8. The first kappa shape index (κ1) is 21.1. The maximum Gasteiger partial charge on any atom is 0.243 e. The van der Waals surface area contributed by atoms with Crippen LogP contribution in [0.5, 0.6) is 0 Å². The van der Waals surface area contributed by atoms with Crippen molar-refractivity contribution >= 4 is 15.9 Å². The maximum atomic E-state index is 13.0. The third-order valence-corrected chi connectivity index (χ3v) is 8.39. The average Bonchev–Trinajstić information content (AvgIpc) is 3.59. The lowest BCUT2D eigenvalue weighted by molar-refractivity contribution is -0.127. The Kier molecular flexibility index (Phi) is 5.98. The molecule has 0 radical (unpaired) electrons. The zero-order valence-corrected chi connectivity index (χ0v) is 18.5. The number of piperidine rings is 1. The number of sulfonamides is 1. The van der Waals surface area contributed by atoms with Crippen molar-refractivity contribution in [3.8, 4) is 0 Å². The molecule has 0 spiro atoms. The van der Waals surface area contributed by atoms with Gasteiger partial charge in [0.25, 0.3) is 0 Å². The van der Waals surface area contributed by atoms with Crippen LogP contribution in [0.3, 0.4) is 0 Å². The molecule has 2 aromatic rings. The largest absolute Gasteiger partial charge is 0.349 e. The monoisotopic (exact) mass is 426 g/mol. The molecule has 0 bridgehead atoms. The molecule has 2 fully saturated rings. The van der Waals surface area contributed by atoms with Crippen LogP contribution in [0.1, 0.15) is 48.4 Å². The molecule has 0 aromatic heterocycles. The number of benzene rings is 2. The van der Waals surface area contributed by atoms with E-state index in [1.807, 2.05) is 38.1 Å². The van der Waals surface area contributed by atoms with Gasteiger partial charge in [-0.25, -0.2) is 8.42 Å². The van der Waals surface area contributed by atoms with Crippen LogP contribution < -0.4 is 5.32 Å². The molecule has 4 rings (SSSR count). The van der Waals surface area contributed by atoms with Crippen LogP contribution in [-0.2, 0) is 14.8 Å². The summed E-state index contributed by atoms with van der Waals surface area (Å²) in [5, 5.41) is 3.26. The lowest BCUT2D eigenvalue weighted by Gasteiger charge is -2.31. The van der Waals surface area contributed by atoms with Gasteiger partial charge in [-0.2, -0.15) is 4.31 Å². The molecule has 1 amide bonds. The predicted octanol–water partition coefficient (Wildman–Crippen LogP) is 3.97. The van der Waals surface area contributed by atoms with Gasteiger partial charge in [0, 0.05) is 19.0 Å². The van der Waals surface area contributed by atoms with Gasteiger partial charge in [0.15, 0.2) is 0 Å². The molecule has 2 aliphatic rings. The zero-order valence-electron chi connectivity index (χ0n) is 17.7. The summed E-state index contributed by atoms with van der Waals surface area (Å²) < 4.78 is 27.6. The summed E-state index contributed by atoms with van der Waals surface area (Å²) >= 11 is 0. The van der Waals surface area contributed by atoms with Gasteiger partial charge in [0.1, 0.15) is 0 Å². The quantitative estimate of drug-likeness (QED) is 0.760. The zero-order chi connectivity index (χ0) is 21.3. The fourth-order valence-corrected chi connectivity index (χ4v) is 5.77. The van der Waals surface area contributed by atoms with E-state index in [1.54, 1.807) is 12.1 Å². The summed E-state index contributed by atoms with van der Waals surface area (Å²) in [5.74, 6) is 0.432. The van der Waals surface area contributed by atoms with E-state index in [2.05, 4.69) is 17.4 Å². The Morgan fingerprint density at radius 2 is 1.63 bits per heavy atom. The number of carbonyl (C=O) groups excluding carboxylic acids is 1. The predicted molar refractivity (Wildman–Crippen MR) is 117 cm³/mol. The fourth-order valence-electron chi connectivity index (χ4n) is 4.22. The summed E-state index contributed by atoms with van der Waals surface area (Å²) in [6.07, 6.45) is 3.41. The Hall–Kier alpha value is -2.18. The van der Waals surface area contributed by atoms with Crippen LogP contribution in [0.25, 0.3) is 0 Å². The summed E-state index contributed by atoms with van der Waals surface area (Å²) in [7, 11) is -3.52. The van der Waals surface area contributed by atoms with Crippen LogP contribution in [-0.4, -0.2) is 31.7 Å². The van der Waals surface area contributed by atoms with Crippen LogP contribution in [0.15, 0.2) is 53.4 Å². The summed E-state index contributed by atoms with van der Waals surface area (Å²) in [4.78, 5) is 13.3. The molecule has 1 heterocycles. The number of aryl methyl sites for hydroxylation is 2. The van der Waals surface area contributed by atoms with Crippen LogP contribution in [0.4, 0.5) is 0 Å². The molecule has 1 atom stereocenters. The molecule has 0 unspecified atom stereocenters. The highest BCUT2D eigenvalue weighted by molar-refractivity contribution is 7.89. The van der Waals surface area contributed by atoms with E-state index in [1.165, 1.54) is 4.31 Å². The molecule has 1 aliphatic carbocycles. The molecule has 1 aliphatic heterocycles. The highest BCUT2D eigenvalue weighted by atomic mass is 32.2. The van der Waals surface area contributed by atoms with E-state index < -0.39 is 10.0 Å². The molecule has 1 N–H and O–H groups in total. The van der Waals surface area contributed by atoms with Gasteiger partial charge in [-0.05, 0) is 74.3 Å². The lowest BCUT2D eigenvalue weighted by atomic mass is 9.95. The number of amides is 1. The summed E-state index contributed by atoms with van der Waals surface area (Å²) in [5.41, 5.74) is 3.20. The third kappa shape index (κ3) is 4.44. The van der Waals surface area contributed by atoms with Gasteiger partial charge in [0.2, 0.25) is 15.9 Å². The van der Waals surface area contributed by atoms with Crippen molar-refractivity contribution in [2.75, 3.05) is 13.1 Å². The van der Waals surface area contributed by atoms with Crippen molar-refractivity contribution in [2.24, 2.45) is 11.8 Å². The molecular weight excluding hydrogens is 396 g/mol. The Balaban J connectivity index is 1.39. The van der Waals surface area contributed by atoms with E-state index in [0.717, 1.165) is 29.5 Å². The van der Waals surface area contributed by atoms with Crippen molar-refractivity contribution in [1.82, 2.24) is 9.62 Å². The molecule has 2 aromatic carbocycles. The minimum Gasteiger partial charge on any atom is -0.349 e. The van der Waals surface area contributed by atoms with E-state index in [-0.39, 0.29) is 17.9 Å². The molecule has 6 heteroatoms. The van der Waals surface area contributed by atoms with Gasteiger partial charge < -0.3 is 5.32 Å². The van der Waals surface area contributed by atoms with Crippen molar-refractivity contribution in [3.05, 3.63) is 65.2 Å². The number of carbonyl (C=O) groups is 1. The van der Waals surface area contributed by atoms with Crippen molar-refractivity contribution in [1.29, 1.82) is 0 Å². The third-order valence-electron chi connectivity index (χ3n) is 6.49. The van der Waals surface area contributed by atoms with Crippen LogP contribution in [0, 0.1) is 25.7 Å². The lowest BCUT2D eigenvalue weighted by Crippen LogP contribution is -2.44. The number of nitrogens with one attached hydrogen (secondary N) is 1. The minimum absolute atomic E-state index is 0.0546. The fraction of sp³-hybridized carbons (Fsp3) is 0.458. The Morgan fingerprint density at radius 1 is 0.967 bits per heavy atom. The summed E-state index contributed by atoms with van der Waals surface area (Å²) in [6.45, 7) is 4.66. The second-order valence-electron chi connectivity index (χ2n) is 8.66. The maximum absolute atomic E-state index is 13.0. The Morgan fingerprint density at radius 3 is 2.23 bits per heavy atom. The minimum atomic E-state index is -3.52. The average molecular weight is 427 g/mol. The molecular formula is C24H30N2O3S. The van der Waals surface area contributed by atoms with Gasteiger partial charge in [-0.1, -0.05) is 36.4 Å².